The van der Waals surface area contributed by atoms with E-state index in [4.69, 9.17) is 0 Å². The Labute approximate surface area is 151 Å². The molecule has 0 radical (unpaired) electrons. The summed E-state index contributed by atoms with van der Waals surface area (Å²) >= 11 is 0. The molecular formula is C22H19N3O. The van der Waals surface area contributed by atoms with Crippen LogP contribution in [0.3, 0.4) is 0 Å². The van der Waals surface area contributed by atoms with E-state index in [2.05, 4.69) is 52.2 Å². The van der Waals surface area contributed by atoms with Crippen LogP contribution in [0.2, 0.25) is 0 Å². The van der Waals surface area contributed by atoms with Gasteiger partial charge in [0, 0.05) is 35.3 Å². The molecule has 4 aromatic rings. The van der Waals surface area contributed by atoms with Crippen molar-refractivity contribution in [1.29, 1.82) is 0 Å². The third-order valence-electron chi connectivity index (χ3n) is 4.57. The number of Topliss-reactive ketones (excluding diaryl/α,β-unsaturated/α-hetero) is 1. The molecule has 26 heavy (non-hydrogen) atoms. The first-order valence-electron chi connectivity index (χ1n) is 8.63. The summed E-state index contributed by atoms with van der Waals surface area (Å²) in [6.07, 6.45) is 0.366. The molecule has 0 saturated heterocycles. The minimum atomic E-state index is 0.0581. The summed E-state index contributed by atoms with van der Waals surface area (Å²) in [5.74, 6) is 0.0581. The fourth-order valence-corrected chi connectivity index (χ4v) is 3.29. The van der Waals surface area contributed by atoms with Gasteiger partial charge in [-0.1, -0.05) is 48.5 Å². The SMILES string of the molecule is Cn1c2ccccc2c2ccc(CC(=O)CN=Nc3ccccc3)cc21. The van der Waals surface area contributed by atoms with E-state index in [0.717, 1.165) is 16.8 Å². The Bertz CT molecular complexity index is 1110. The number of aryl methyl sites for hydroxylation is 1. The highest BCUT2D eigenvalue weighted by molar-refractivity contribution is 6.08. The number of nitrogens with zero attached hydrogens (tertiary/aromatic N) is 3. The van der Waals surface area contributed by atoms with Crippen LogP contribution in [-0.4, -0.2) is 16.9 Å². The van der Waals surface area contributed by atoms with Gasteiger partial charge in [-0.3, -0.25) is 4.79 Å². The number of hydrogen-bond donors (Lipinski definition) is 0. The van der Waals surface area contributed by atoms with Crippen molar-refractivity contribution in [2.75, 3.05) is 6.54 Å². The Hall–Kier alpha value is -3.27. The third kappa shape index (κ3) is 3.14. The highest BCUT2D eigenvalue weighted by Gasteiger charge is 2.10. The number of fused-ring (bicyclic) bond motifs is 3. The van der Waals surface area contributed by atoms with Crippen molar-refractivity contribution in [3.8, 4) is 0 Å². The molecule has 0 aliphatic carbocycles. The number of azo groups is 1. The summed E-state index contributed by atoms with van der Waals surface area (Å²) in [5, 5.41) is 10.6. The third-order valence-corrected chi connectivity index (χ3v) is 4.57. The fraction of sp³-hybridized carbons (Fsp3) is 0.136. The smallest absolute Gasteiger partial charge is 0.160 e. The predicted octanol–water partition coefficient (Wildman–Crippen LogP) is 5.23. The fourth-order valence-electron chi connectivity index (χ4n) is 3.29. The lowest BCUT2D eigenvalue weighted by atomic mass is 10.1. The monoisotopic (exact) mass is 341 g/mol. The number of hydrogen-bond acceptors (Lipinski definition) is 3. The van der Waals surface area contributed by atoms with E-state index in [1.54, 1.807) is 0 Å². The van der Waals surface area contributed by atoms with Crippen molar-refractivity contribution in [2.45, 2.75) is 6.42 Å². The maximum absolute atomic E-state index is 12.2. The largest absolute Gasteiger partial charge is 0.344 e. The number of ketones is 1. The van der Waals surface area contributed by atoms with E-state index in [0.29, 0.717) is 6.42 Å². The molecule has 3 aromatic carbocycles. The van der Waals surface area contributed by atoms with Gasteiger partial charge in [0.2, 0.25) is 0 Å². The van der Waals surface area contributed by atoms with Gasteiger partial charge in [-0.2, -0.15) is 10.2 Å². The topological polar surface area (TPSA) is 46.7 Å². The molecule has 0 atom stereocenters. The van der Waals surface area contributed by atoms with Crippen LogP contribution in [0.15, 0.2) is 83.0 Å². The average Bonchev–Trinajstić information content (AvgIpc) is 2.95. The molecule has 0 fully saturated rings. The number of benzene rings is 3. The molecule has 4 heteroatoms. The van der Waals surface area contributed by atoms with Gasteiger partial charge in [-0.25, -0.2) is 0 Å². The van der Waals surface area contributed by atoms with Gasteiger partial charge in [-0.15, -0.1) is 0 Å². The summed E-state index contributed by atoms with van der Waals surface area (Å²) in [5.41, 5.74) is 4.10. The molecule has 0 bridgehead atoms. The lowest BCUT2D eigenvalue weighted by Gasteiger charge is -2.02. The molecule has 128 valence electrons. The standard InChI is InChI=1S/C22H19N3O/c1-25-21-10-6-5-9-19(21)20-12-11-16(14-22(20)25)13-18(26)15-23-24-17-7-3-2-4-8-17/h2-12,14H,13,15H2,1H3. The number of para-hydroxylation sites is 1. The van der Waals surface area contributed by atoms with E-state index in [1.165, 1.54) is 16.3 Å². The van der Waals surface area contributed by atoms with Crippen LogP contribution in [0.5, 0.6) is 0 Å². The summed E-state index contributed by atoms with van der Waals surface area (Å²) in [6.45, 7) is 0.0992. The number of aromatic nitrogens is 1. The van der Waals surface area contributed by atoms with E-state index in [-0.39, 0.29) is 12.3 Å². The zero-order chi connectivity index (χ0) is 17.9. The molecule has 0 unspecified atom stereocenters. The first kappa shape index (κ1) is 16.2. The minimum Gasteiger partial charge on any atom is -0.344 e. The second-order valence-electron chi connectivity index (χ2n) is 6.38. The molecule has 0 N–H and O–H groups in total. The lowest BCUT2D eigenvalue weighted by Crippen LogP contribution is -2.06. The maximum atomic E-state index is 12.2. The Morgan fingerprint density at radius 1 is 0.885 bits per heavy atom. The first-order valence-corrected chi connectivity index (χ1v) is 8.63. The van der Waals surface area contributed by atoms with Gasteiger partial charge in [0.1, 0.15) is 6.54 Å². The van der Waals surface area contributed by atoms with E-state index in [1.807, 2.05) is 42.5 Å². The highest BCUT2D eigenvalue weighted by Crippen LogP contribution is 2.28. The first-order chi connectivity index (χ1) is 12.7. The number of carbonyl (C=O) groups is 1. The normalized spacial score (nSPS) is 11.6. The van der Waals surface area contributed by atoms with Gasteiger partial charge in [0.05, 0.1) is 5.69 Å². The summed E-state index contributed by atoms with van der Waals surface area (Å²) in [6, 6.07) is 24.0. The molecule has 0 aliphatic rings. The van der Waals surface area contributed by atoms with E-state index >= 15 is 0 Å². The van der Waals surface area contributed by atoms with Crippen LogP contribution in [0.25, 0.3) is 21.8 Å². The van der Waals surface area contributed by atoms with Gasteiger partial charge in [-0.05, 0) is 29.8 Å². The van der Waals surface area contributed by atoms with Gasteiger partial charge < -0.3 is 4.57 Å². The van der Waals surface area contributed by atoms with E-state index < -0.39 is 0 Å². The molecular weight excluding hydrogens is 322 g/mol. The predicted molar refractivity (Wildman–Crippen MR) is 105 cm³/mol. The molecule has 1 heterocycles. The van der Waals surface area contributed by atoms with Gasteiger partial charge in [0.25, 0.3) is 0 Å². The second-order valence-corrected chi connectivity index (χ2v) is 6.38. The van der Waals surface area contributed by atoms with Gasteiger partial charge in [0.15, 0.2) is 5.78 Å². The zero-order valence-electron chi connectivity index (χ0n) is 14.6. The van der Waals surface area contributed by atoms with Crippen LogP contribution in [0.4, 0.5) is 5.69 Å². The van der Waals surface area contributed by atoms with Gasteiger partial charge >= 0.3 is 0 Å². The van der Waals surface area contributed by atoms with Crippen molar-refractivity contribution in [3.63, 3.8) is 0 Å². The highest BCUT2D eigenvalue weighted by atomic mass is 16.1. The molecule has 0 saturated carbocycles. The van der Waals surface area contributed by atoms with Crippen molar-refractivity contribution in [3.05, 3.63) is 78.4 Å². The lowest BCUT2D eigenvalue weighted by molar-refractivity contribution is -0.117. The van der Waals surface area contributed by atoms with Crippen LogP contribution in [0.1, 0.15) is 5.56 Å². The second kappa shape index (κ2) is 6.92. The Morgan fingerprint density at radius 3 is 2.46 bits per heavy atom. The van der Waals surface area contributed by atoms with Crippen LogP contribution >= 0.6 is 0 Å². The summed E-state index contributed by atoms with van der Waals surface area (Å²) < 4.78 is 2.17. The van der Waals surface area contributed by atoms with Crippen molar-refractivity contribution < 1.29 is 4.79 Å². The molecule has 4 nitrogen and oxygen atoms in total. The molecule has 4 rings (SSSR count). The van der Waals surface area contributed by atoms with Crippen molar-refractivity contribution in [2.24, 2.45) is 17.3 Å². The van der Waals surface area contributed by atoms with E-state index in [9.17, 15) is 4.79 Å². The Balaban J connectivity index is 1.52. The maximum Gasteiger partial charge on any atom is 0.160 e. The van der Waals surface area contributed by atoms with Crippen LogP contribution in [-0.2, 0) is 18.3 Å². The quantitative estimate of drug-likeness (QED) is 0.459. The van der Waals surface area contributed by atoms with Crippen LogP contribution in [0, 0.1) is 0 Å². The molecule has 1 aromatic heterocycles. The molecule has 0 aliphatic heterocycles. The van der Waals surface area contributed by atoms with Crippen molar-refractivity contribution in [1.82, 2.24) is 4.57 Å². The van der Waals surface area contributed by atoms with Crippen molar-refractivity contribution >= 4 is 33.3 Å². The number of carbonyl (C=O) groups excluding carboxylic acids is 1. The number of rotatable bonds is 5. The van der Waals surface area contributed by atoms with Crippen LogP contribution < -0.4 is 0 Å². The average molecular weight is 341 g/mol. The summed E-state index contributed by atoms with van der Waals surface area (Å²) in [7, 11) is 2.06. The minimum absolute atomic E-state index is 0.0581. The molecule has 0 spiro atoms. The summed E-state index contributed by atoms with van der Waals surface area (Å²) in [4.78, 5) is 12.2. The zero-order valence-corrected chi connectivity index (χ0v) is 14.6. The Kier molecular flexibility index (Phi) is 4.32. The Morgan fingerprint density at radius 2 is 1.62 bits per heavy atom. The molecule has 0 amide bonds.